The number of carbonyl (C=O) groups is 1. The van der Waals surface area contributed by atoms with Gasteiger partial charge in [0.05, 0.1) is 11.9 Å². The molecule has 2 heterocycles. The molecule has 0 atom stereocenters. The molecular formula is C18H24N6O. The SMILES string of the molecule is CN=C(NCCc1ccccc1)N1CCN(c2cnn(C)c2)C(=O)C1. The third kappa shape index (κ3) is 4.17. The fraction of sp³-hybridized carbons (Fsp3) is 0.389. The molecule has 0 spiro atoms. The van der Waals surface area contributed by atoms with E-state index in [4.69, 9.17) is 0 Å². The first-order chi connectivity index (χ1) is 12.2. The molecule has 25 heavy (non-hydrogen) atoms. The molecule has 0 bridgehead atoms. The number of aryl methyl sites for hydroxylation is 1. The molecule has 7 heteroatoms. The lowest BCUT2D eigenvalue weighted by Gasteiger charge is -2.35. The van der Waals surface area contributed by atoms with Crippen LogP contribution in [0.25, 0.3) is 0 Å². The van der Waals surface area contributed by atoms with Gasteiger partial charge < -0.3 is 15.1 Å². The molecular weight excluding hydrogens is 316 g/mol. The zero-order valence-corrected chi connectivity index (χ0v) is 14.7. The fourth-order valence-corrected chi connectivity index (χ4v) is 2.97. The van der Waals surface area contributed by atoms with Gasteiger partial charge in [-0.1, -0.05) is 30.3 Å². The Morgan fingerprint density at radius 2 is 2.08 bits per heavy atom. The van der Waals surface area contributed by atoms with E-state index in [1.165, 1.54) is 5.56 Å². The molecule has 0 aliphatic carbocycles. The summed E-state index contributed by atoms with van der Waals surface area (Å²) in [7, 11) is 3.60. The molecule has 1 N–H and O–H groups in total. The number of hydrogen-bond acceptors (Lipinski definition) is 3. The lowest BCUT2D eigenvalue weighted by atomic mass is 10.1. The number of aromatic nitrogens is 2. The summed E-state index contributed by atoms with van der Waals surface area (Å²) in [6, 6.07) is 10.3. The number of benzene rings is 1. The first-order valence-electron chi connectivity index (χ1n) is 8.46. The molecule has 1 aromatic heterocycles. The van der Waals surface area contributed by atoms with Crippen molar-refractivity contribution in [3.05, 3.63) is 48.3 Å². The number of piperazine rings is 1. The van der Waals surface area contributed by atoms with Gasteiger partial charge in [0.15, 0.2) is 5.96 Å². The fourth-order valence-electron chi connectivity index (χ4n) is 2.97. The predicted molar refractivity (Wildman–Crippen MR) is 98.6 cm³/mol. The summed E-state index contributed by atoms with van der Waals surface area (Å²) < 4.78 is 1.71. The number of guanidine groups is 1. The molecule has 1 fully saturated rings. The quantitative estimate of drug-likeness (QED) is 0.663. The van der Waals surface area contributed by atoms with Gasteiger partial charge in [-0.05, 0) is 12.0 Å². The summed E-state index contributed by atoms with van der Waals surface area (Å²) in [5.41, 5.74) is 2.13. The Kier molecular flexibility index (Phi) is 5.33. The molecule has 0 unspecified atom stereocenters. The average Bonchev–Trinajstić information content (AvgIpc) is 3.05. The van der Waals surface area contributed by atoms with Crippen LogP contribution in [0.4, 0.5) is 5.69 Å². The second-order valence-corrected chi connectivity index (χ2v) is 6.05. The Balaban J connectivity index is 1.53. The predicted octanol–water partition coefficient (Wildman–Crippen LogP) is 0.887. The average molecular weight is 340 g/mol. The highest BCUT2D eigenvalue weighted by atomic mass is 16.2. The van der Waals surface area contributed by atoms with E-state index in [0.717, 1.165) is 31.2 Å². The second-order valence-electron chi connectivity index (χ2n) is 6.05. The lowest BCUT2D eigenvalue weighted by molar-refractivity contribution is -0.120. The van der Waals surface area contributed by atoms with Crippen molar-refractivity contribution in [2.24, 2.45) is 12.0 Å². The van der Waals surface area contributed by atoms with Crippen LogP contribution in [-0.4, -0.2) is 59.8 Å². The Morgan fingerprint density at radius 3 is 2.72 bits per heavy atom. The van der Waals surface area contributed by atoms with Gasteiger partial charge in [-0.15, -0.1) is 0 Å². The first-order valence-corrected chi connectivity index (χ1v) is 8.46. The summed E-state index contributed by atoms with van der Waals surface area (Å²) in [6.07, 6.45) is 4.50. The maximum Gasteiger partial charge on any atom is 0.246 e. The molecule has 0 saturated carbocycles. The number of nitrogens with one attached hydrogen (secondary N) is 1. The lowest BCUT2D eigenvalue weighted by Crippen LogP contribution is -2.55. The van der Waals surface area contributed by atoms with Crippen LogP contribution >= 0.6 is 0 Å². The van der Waals surface area contributed by atoms with Gasteiger partial charge in [0, 0.05) is 39.9 Å². The number of aliphatic imine (C=N–C) groups is 1. The molecule has 1 aromatic carbocycles. The Morgan fingerprint density at radius 1 is 1.28 bits per heavy atom. The molecule has 3 rings (SSSR count). The number of carbonyl (C=O) groups excluding carboxylic acids is 1. The van der Waals surface area contributed by atoms with Crippen LogP contribution in [0.3, 0.4) is 0 Å². The van der Waals surface area contributed by atoms with Crippen molar-refractivity contribution in [1.82, 2.24) is 20.0 Å². The second kappa shape index (κ2) is 7.83. The topological polar surface area (TPSA) is 65.8 Å². The third-order valence-corrected chi connectivity index (χ3v) is 4.27. The van der Waals surface area contributed by atoms with E-state index in [1.54, 1.807) is 22.8 Å². The number of nitrogens with zero attached hydrogens (tertiary/aromatic N) is 5. The molecule has 0 radical (unpaired) electrons. The zero-order chi connectivity index (χ0) is 17.6. The smallest absolute Gasteiger partial charge is 0.246 e. The van der Waals surface area contributed by atoms with E-state index in [-0.39, 0.29) is 5.91 Å². The van der Waals surface area contributed by atoms with Gasteiger partial charge in [0.2, 0.25) is 5.91 Å². The Hall–Kier alpha value is -2.83. The number of amides is 1. The summed E-state index contributed by atoms with van der Waals surface area (Å²) in [6.45, 7) is 2.48. The minimum atomic E-state index is 0.0604. The molecule has 1 saturated heterocycles. The van der Waals surface area contributed by atoms with Crippen LogP contribution < -0.4 is 10.2 Å². The molecule has 1 aliphatic heterocycles. The van der Waals surface area contributed by atoms with Crippen molar-refractivity contribution in [3.8, 4) is 0 Å². The van der Waals surface area contributed by atoms with E-state index in [2.05, 4.69) is 27.5 Å². The van der Waals surface area contributed by atoms with E-state index < -0.39 is 0 Å². The molecule has 1 aliphatic rings. The van der Waals surface area contributed by atoms with Crippen LogP contribution in [0.15, 0.2) is 47.7 Å². The normalized spacial score (nSPS) is 15.6. The highest BCUT2D eigenvalue weighted by Crippen LogP contribution is 2.16. The van der Waals surface area contributed by atoms with Crippen LogP contribution in [0.5, 0.6) is 0 Å². The van der Waals surface area contributed by atoms with Crippen molar-refractivity contribution in [2.45, 2.75) is 6.42 Å². The molecule has 2 aromatic rings. The monoisotopic (exact) mass is 340 g/mol. The van der Waals surface area contributed by atoms with Crippen molar-refractivity contribution in [3.63, 3.8) is 0 Å². The van der Waals surface area contributed by atoms with Crippen LogP contribution in [-0.2, 0) is 18.3 Å². The largest absolute Gasteiger partial charge is 0.356 e. The first kappa shape index (κ1) is 17.0. The summed E-state index contributed by atoms with van der Waals surface area (Å²) in [4.78, 5) is 20.6. The van der Waals surface area contributed by atoms with Crippen molar-refractivity contribution < 1.29 is 4.79 Å². The standard InChI is InChI=1S/C18H24N6O/c1-19-18(20-9-8-15-6-4-3-5-7-15)23-10-11-24(17(25)14-23)16-12-21-22(2)13-16/h3-7,12-13H,8-11,14H2,1-2H3,(H,19,20). The van der Waals surface area contributed by atoms with E-state index in [0.29, 0.717) is 13.1 Å². The highest BCUT2D eigenvalue weighted by molar-refractivity contribution is 5.98. The molecule has 7 nitrogen and oxygen atoms in total. The number of rotatable bonds is 4. The van der Waals surface area contributed by atoms with Crippen LogP contribution in [0.2, 0.25) is 0 Å². The van der Waals surface area contributed by atoms with Gasteiger partial charge in [-0.25, -0.2) is 0 Å². The maximum atomic E-state index is 12.5. The minimum absolute atomic E-state index is 0.0604. The van der Waals surface area contributed by atoms with Gasteiger partial charge in [0.25, 0.3) is 0 Å². The van der Waals surface area contributed by atoms with Crippen molar-refractivity contribution in [2.75, 3.05) is 38.1 Å². The summed E-state index contributed by atoms with van der Waals surface area (Å²) >= 11 is 0. The molecule has 132 valence electrons. The highest BCUT2D eigenvalue weighted by Gasteiger charge is 2.27. The van der Waals surface area contributed by atoms with Crippen LogP contribution in [0.1, 0.15) is 5.56 Å². The van der Waals surface area contributed by atoms with Gasteiger partial charge in [-0.3, -0.25) is 14.5 Å². The summed E-state index contributed by atoms with van der Waals surface area (Å²) in [5, 5.41) is 7.49. The maximum absolute atomic E-state index is 12.5. The summed E-state index contributed by atoms with van der Waals surface area (Å²) in [5.74, 6) is 0.834. The third-order valence-electron chi connectivity index (χ3n) is 4.27. The van der Waals surface area contributed by atoms with E-state index >= 15 is 0 Å². The van der Waals surface area contributed by atoms with E-state index in [9.17, 15) is 4.79 Å². The minimum Gasteiger partial charge on any atom is -0.356 e. The van der Waals surface area contributed by atoms with Gasteiger partial charge >= 0.3 is 0 Å². The van der Waals surface area contributed by atoms with Crippen molar-refractivity contribution in [1.29, 1.82) is 0 Å². The zero-order valence-electron chi connectivity index (χ0n) is 14.7. The number of anilines is 1. The van der Waals surface area contributed by atoms with Crippen molar-refractivity contribution >= 4 is 17.6 Å². The van der Waals surface area contributed by atoms with Gasteiger partial charge in [0.1, 0.15) is 6.54 Å². The number of hydrogen-bond donors (Lipinski definition) is 1. The van der Waals surface area contributed by atoms with Crippen LogP contribution in [0, 0.1) is 0 Å². The Labute approximate surface area is 148 Å². The van der Waals surface area contributed by atoms with E-state index in [1.807, 2.05) is 36.3 Å². The molecule has 1 amide bonds. The Bertz CT molecular complexity index is 739. The van der Waals surface area contributed by atoms with Gasteiger partial charge in [-0.2, -0.15) is 5.10 Å².